The summed E-state index contributed by atoms with van der Waals surface area (Å²) < 4.78 is 5.11. The quantitative estimate of drug-likeness (QED) is 0.635. The van der Waals surface area contributed by atoms with E-state index in [1.54, 1.807) is 0 Å². The molecule has 3 N–H and O–H groups in total. The van der Waals surface area contributed by atoms with Gasteiger partial charge in [0, 0.05) is 6.61 Å². The SMILES string of the molecule is CCOCC(N)c1ncn[nH]1. The zero-order valence-electron chi connectivity index (χ0n) is 6.45. The Balaban J connectivity index is 2.36. The van der Waals surface area contributed by atoms with Crippen LogP contribution in [0, 0.1) is 0 Å². The van der Waals surface area contributed by atoms with Gasteiger partial charge >= 0.3 is 0 Å². The van der Waals surface area contributed by atoms with E-state index in [0.717, 1.165) is 0 Å². The summed E-state index contributed by atoms with van der Waals surface area (Å²) in [5, 5.41) is 6.36. The fourth-order valence-corrected chi connectivity index (χ4v) is 0.717. The molecule has 0 amide bonds. The molecule has 1 aromatic rings. The fourth-order valence-electron chi connectivity index (χ4n) is 0.717. The Labute approximate surface area is 65.0 Å². The summed E-state index contributed by atoms with van der Waals surface area (Å²) in [4.78, 5) is 3.90. The van der Waals surface area contributed by atoms with Crippen LogP contribution in [0.15, 0.2) is 6.33 Å². The zero-order chi connectivity index (χ0) is 8.10. The van der Waals surface area contributed by atoms with Crippen molar-refractivity contribution in [3.8, 4) is 0 Å². The predicted molar refractivity (Wildman–Crippen MR) is 39.8 cm³/mol. The van der Waals surface area contributed by atoms with Gasteiger partial charge in [-0.15, -0.1) is 0 Å². The van der Waals surface area contributed by atoms with Crippen molar-refractivity contribution in [3.05, 3.63) is 12.2 Å². The summed E-state index contributed by atoms with van der Waals surface area (Å²) >= 11 is 0. The Morgan fingerprint density at radius 1 is 1.82 bits per heavy atom. The maximum Gasteiger partial charge on any atom is 0.143 e. The molecule has 5 heteroatoms. The van der Waals surface area contributed by atoms with Crippen molar-refractivity contribution < 1.29 is 4.74 Å². The Morgan fingerprint density at radius 2 is 2.64 bits per heavy atom. The van der Waals surface area contributed by atoms with Crippen LogP contribution < -0.4 is 5.73 Å². The summed E-state index contributed by atoms with van der Waals surface area (Å²) in [6.07, 6.45) is 1.43. The van der Waals surface area contributed by atoms with Gasteiger partial charge < -0.3 is 10.5 Å². The number of nitrogens with two attached hydrogens (primary N) is 1. The number of nitrogens with one attached hydrogen (secondary N) is 1. The maximum atomic E-state index is 5.67. The highest BCUT2D eigenvalue weighted by molar-refractivity contribution is 4.88. The molecule has 0 radical (unpaired) electrons. The van der Waals surface area contributed by atoms with E-state index in [9.17, 15) is 0 Å². The van der Waals surface area contributed by atoms with Crippen LogP contribution in [-0.2, 0) is 4.74 Å². The minimum absolute atomic E-state index is 0.197. The molecule has 0 aliphatic heterocycles. The van der Waals surface area contributed by atoms with Gasteiger partial charge in [-0.2, -0.15) is 5.10 Å². The highest BCUT2D eigenvalue weighted by atomic mass is 16.5. The zero-order valence-corrected chi connectivity index (χ0v) is 6.45. The van der Waals surface area contributed by atoms with Gasteiger partial charge in [0.15, 0.2) is 0 Å². The van der Waals surface area contributed by atoms with E-state index in [0.29, 0.717) is 19.0 Å². The Hall–Kier alpha value is -0.940. The third-order valence-corrected chi connectivity index (χ3v) is 1.29. The molecule has 1 aromatic heterocycles. The van der Waals surface area contributed by atoms with Crippen LogP contribution in [0.1, 0.15) is 18.8 Å². The summed E-state index contributed by atoms with van der Waals surface area (Å²) in [6.45, 7) is 3.07. The van der Waals surface area contributed by atoms with Crippen LogP contribution in [0.3, 0.4) is 0 Å². The lowest BCUT2D eigenvalue weighted by Crippen LogP contribution is -2.18. The highest BCUT2D eigenvalue weighted by Crippen LogP contribution is 2.01. The van der Waals surface area contributed by atoms with Crippen LogP contribution in [0.4, 0.5) is 0 Å². The lowest BCUT2D eigenvalue weighted by Gasteiger charge is -2.06. The van der Waals surface area contributed by atoms with Crippen LogP contribution >= 0.6 is 0 Å². The van der Waals surface area contributed by atoms with Gasteiger partial charge in [-0.25, -0.2) is 4.98 Å². The number of rotatable bonds is 4. The Kier molecular flexibility index (Phi) is 3.00. The average Bonchev–Trinajstić information content (AvgIpc) is 2.52. The van der Waals surface area contributed by atoms with E-state index in [4.69, 9.17) is 10.5 Å². The molecule has 0 spiro atoms. The summed E-state index contributed by atoms with van der Waals surface area (Å²) in [5.74, 6) is 0.665. The van der Waals surface area contributed by atoms with Gasteiger partial charge in [0.25, 0.3) is 0 Å². The van der Waals surface area contributed by atoms with Crippen LogP contribution in [0.2, 0.25) is 0 Å². The molecule has 1 rings (SSSR count). The van der Waals surface area contributed by atoms with E-state index in [2.05, 4.69) is 15.2 Å². The Morgan fingerprint density at radius 3 is 3.18 bits per heavy atom. The number of hydrogen-bond acceptors (Lipinski definition) is 4. The monoisotopic (exact) mass is 156 g/mol. The molecule has 0 aliphatic carbocycles. The predicted octanol–water partition coefficient (Wildman–Crippen LogP) is -0.159. The number of nitrogens with zero attached hydrogens (tertiary/aromatic N) is 2. The molecule has 1 unspecified atom stereocenters. The first-order valence-corrected chi connectivity index (χ1v) is 3.53. The summed E-state index contributed by atoms with van der Waals surface area (Å²) in [6, 6.07) is -0.197. The van der Waals surface area contributed by atoms with Crippen molar-refractivity contribution in [3.63, 3.8) is 0 Å². The minimum atomic E-state index is -0.197. The van der Waals surface area contributed by atoms with Gasteiger partial charge in [0.2, 0.25) is 0 Å². The molecule has 0 saturated heterocycles. The van der Waals surface area contributed by atoms with E-state index < -0.39 is 0 Å². The van der Waals surface area contributed by atoms with Crippen molar-refractivity contribution in [2.75, 3.05) is 13.2 Å². The fraction of sp³-hybridized carbons (Fsp3) is 0.667. The molecule has 5 nitrogen and oxygen atoms in total. The van der Waals surface area contributed by atoms with E-state index >= 15 is 0 Å². The van der Waals surface area contributed by atoms with Gasteiger partial charge in [0.05, 0.1) is 12.6 Å². The maximum absolute atomic E-state index is 5.67. The molecule has 0 fully saturated rings. The van der Waals surface area contributed by atoms with Crippen molar-refractivity contribution in [1.82, 2.24) is 15.2 Å². The smallest absolute Gasteiger partial charge is 0.143 e. The topological polar surface area (TPSA) is 76.8 Å². The molecule has 0 saturated carbocycles. The average molecular weight is 156 g/mol. The van der Waals surface area contributed by atoms with Gasteiger partial charge in [-0.05, 0) is 6.92 Å². The first kappa shape index (κ1) is 8.16. The minimum Gasteiger partial charge on any atom is -0.380 e. The number of ether oxygens (including phenoxy) is 1. The van der Waals surface area contributed by atoms with Crippen molar-refractivity contribution >= 4 is 0 Å². The third kappa shape index (κ3) is 2.28. The normalized spacial score (nSPS) is 13.3. The first-order chi connectivity index (χ1) is 5.34. The third-order valence-electron chi connectivity index (χ3n) is 1.29. The van der Waals surface area contributed by atoms with Crippen LogP contribution in [0.25, 0.3) is 0 Å². The number of hydrogen-bond donors (Lipinski definition) is 2. The second kappa shape index (κ2) is 4.05. The van der Waals surface area contributed by atoms with E-state index in [-0.39, 0.29) is 6.04 Å². The summed E-state index contributed by atoms with van der Waals surface area (Å²) in [5.41, 5.74) is 5.67. The molecular weight excluding hydrogens is 144 g/mol. The first-order valence-electron chi connectivity index (χ1n) is 3.53. The van der Waals surface area contributed by atoms with Crippen LogP contribution in [-0.4, -0.2) is 28.4 Å². The van der Waals surface area contributed by atoms with Gasteiger partial charge in [-0.1, -0.05) is 0 Å². The van der Waals surface area contributed by atoms with E-state index in [1.165, 1.54) is 6.33 Å². The molecule has 1 atom stereocenters. The number of aromatic nitrogens is 3. The Bertz CT molecular complexity index is 186. The number of aromatic amines is 1. The molecular formula is C6H12N4O. The van der Waals surface area contributed by atoms with E-state index in [1.807, 2.05) is 6.92 Å². The molecule has 1 heterocycles. The molecule has 62 valence electrons. The number of H-pyrrole nitrogens is 1. The lowest BCUT2D eigenvalue weighted by atomic mass is 10.3. The van der Waals surface area contributed by atoms with Crippen LogP contribution in [0.5, 0.6) is 0 Å². The second-order valence-electron chi connectivity index (χ2n) is 2.14. The largest absolute Gasteiger partial charge is 0.380 e. The summed E-state index contributed by atoms with van der Waals surface area (Å²) in [7, 11) is 0. The lowest BCUT2D eigenvalue weighted by molar-refractivity contribution is 0.131. The molecule has 0 aromatic carbocycles. The molecule has 0 bridgehead atoms. The highest BCUT2D eigenvalue weighted by Gasteiger charge is 2.07. The van der Waals surface area contributed by atoms with Gasteiger partial charge in [-0.3, -0.25) is 5.10 Å². The second-order valence-corrected chi connectivity index (χ2v) is 2.14. The standard InChI is InChI=1S/C6H12N4O/c1-2-11-3-5(7)6-8-4-9-10-6/h4-5H,2-3,7H2,1H3,(H,8,9,10). The van der Waals surface area contributed by atoms with Crippen molar-refractivity contribution in [2.45, 2.75) is 13.0 Å². The van der Waals surface area contributed by atoms with Crippen molar-refractivity contribution in [2.24, 2.45) is 5.73 Å². The molecule has 0 aliphatic rings. The van der Waals surface area contributed by atoms with Gasteiger partial charge in [0.1, 0.15) is 12.2 Å². The van der Waals surface area contributed by atoms with Crippen molar-refractivity contribution in [1.29, 1.82) is 0 Å². The molecule has 11 heavy (non-hydrogen) atoms.